The molecule has 1 aliphatic carbocycles. The Labute approximate surface area is 111 Å². The summed E-state index contributed by atoms with van der Waals surface area (Å²) in [7, 11) is 2.00. The van der Waals surface area contributed by atoms with Gasteiger partial charge in [0.05, 0.1) is 12.6 Å². The van der Waals surface area contributed by atoms with E-state index in [1.54, 1.807) is 0 Å². The van der Waals surface area contributed by atoms with Gasteiger partial charge in [0.15, 0.2) is 0 Å². The molecule has 0 amide bonds. The van der Waals surface area contributed by atoms with Crippen LogP contribution >= 0.6 is 0 Å². The molecule has 0 bridgehead atoms. The minimum atomic E-state index is 0.312. The van der Waals surface area contributed by atoms with Gasteiger partial charge in [0.1, 0.15) is 0 Å². The highest BCUT2D eigenvalue weighted by Gasteiger charge is 2.16. The fourth-order valence-corrected chi connectivity index (χ4v) is 2.67. The Balaban J connectivity index is 1.79. The topological polar surface area (TPSA) is 21.3 Å². The highest BCUT2D eigenvalue weighted by Crippen LogP contribution is 2.25. The van der Waals surface area contributed by atoms with Crippen molar-refractivity contribution < 1.29 is 4.74 Å². The van der Waals surface area contributed by atoms with Gasteiger partial charge >= 0.3 is 0 Å². The lowest BCUT2D eigenvalue weighted by atomic mass is 10.1. The first-order chi connectivity index (χ1) is 8.79. The largest absolute Gasteiger partial charge is 0.379 e. The molecular formula is C16H25NO. The molecule has 0 aromatic heterocycles. The summed E-state index contributed by atoms with van der Waals surface area (Å²) >= 11 is 0. The summed E-state index contributed by atoms with van der Waals surface area (Å²) in [6, 6.07) is 9.02. The third-order valence-electron chi connectivity index (χ3n) is 3.94. The van der Waals surface area contributed by atoms with Crippen molar-refractivity contribution in [1.29, 1.82) is 0 Å². The summed E-state index contributed by atoms with van der Waals surface area (Å²) in [6.45, 7) is 3.83. The molecular weight excluding hydrogens is 222 g/mol. The summed E-state index contributed by atoms with van der Waals surface area (Å²) in [5, 5.41) is 3.34. The first kappa shape index (κ1) is 13.6. The molecule has 0 heterocycles. The van der Waals surface area contributed by atoms with Crippen LogP contribution in [-0.4, -0.2) is 20.3 Å². The summed E-state index contributed by atoms with van der Waals surface area (Å²) < 4.78 is 5.89. The molecule has 1 fully saturated rings. The third-order valence-corrected chi connectivity index (χ3v) is 3.94. The molecule has 1 saturated carbocycles. The zero-order valence-corrected chi connectivity index (χ0v) is 11.6. The van der Waals surface area contributed by atoms with Crippen molar-refractivity contribution in [2.24, 2.45) is 5.92 Å². The van der Waals surface area contributed by atoms with Crippen LogP contribution in [0.1, 0.15) is 42.9 Å². The zero-order valence-electron chi connectivity index (χ0n) is 11.6. The van der Waals surface area contributed by atoms with E-state index in [1.165, 1.54) is 36.8 Å². The summed E-state index contributed by atoms with van der Waals surface area (Å²) in [6.07, 6.45) is 5.49. The molecule has 1 aliphatic rings. The van der Waals surface area contributed by atoms with Gasteiger partial charge < -0.3 is 10.1 Å². The van der Waals surface area contributed by atoms with Gasteiger partial charge in [0.25, 0.3) is 0 Å². The molecule has 2 heteroatoms. The van der Waals surface area contributed by atoms with Gasteiger partial charge in [-0.1, -0.05) is 42.7 Å². The van der Waals surface area contributed by atoms with Crippen molar-refractivity contribution in [3.63, 3.8) is 0 Å². The number of hydrogen-bond donors (Lipinski definition) is 1. The number of likely N-dealkylation sites (N-methyl/N-ethyl adjacent to an activating group) is 1. The number of nitrogens with one attached hydrogen (secondary N) is 1. The number of aryl methyl sites for hydroxylation is 1. The number of rotatable bonds is 6. The van der Waals surface area contributed by atoms with E-state index in [9.17, 15) is 0 Å². The van der Waals surface area contributed by atoms with Crippen molar-refractivity contribution in [3.05, 3.63) is 35.4 Å². The van der Waals surface area contributed by atoms with Crippen molar-refractivity contribution >= 4 is 0 Å². The Morgan fingerprint density at radius 2 is 1.89 bits per heavy atom. The van der Waals surface area contributed by atoms with E-state index in [-0.39, 0.29) is 0 Å². The van der Waals surface area contributed by atoms with Gasteiger partial charge in [-0.25, -0.2) is 0 Å². The van der Waals surface area contributed by atoms with Crippen LogP contribution in [0.25, 0.3) is 0 Å². The first-order valence-corrected chi connectivity index (χ1v) is 7.11. The Hall–Kier alpha value is -0.860. The van der Waals surface area contributed by atoms with Crippen molar-refractivity contribution in [2.45, 2.75) is 38.6 Å². The van der Waals surface area contributed by atoms with Crippen molar-refractivity contribution in [3.8, 4) is 0 Å². The SMILES string of the molecule is CNC(COCC1CCCC1)c1ccc(C)cc1. The molecule has 100 valence electrons. The predicted molar refractivity (Wildman–Crippen MR) is 75.8 cm³/mol. The molecule has 1 unspecified atom stereocenters. The minimum Gasteiger partial charge on any atom is -0.379 e. The fourth-order valence-electron chi connectivity index (χ4n) is 2.67. The molecule has 1 aromatic rings. The normalized spacial score (nSPS) is 18.1. The second-order valence-corrected chi connectivity index (χ2v) is 5.44. The lowest BCUT2D eigenvalue weighted by molar-refractivity contribution is 0.0844. The predicted octanol–water partition coefficient (Wildman–Crippen LogP) is 3.46. The number of benzene rings is 1. The molecule has 0 aliphatic heterocycles. The Morgan fingerprint density at radius 3 is 2.50 bits per heavy atom. The maximum Gasteiger partial charge on any atom is 0.0661 e. The average molecular weight is 247 g/mol. The molecule has 0 radical (unpaired) electrons. The van der Waals surface area contributed by atoms with E-state index in [0.717, 1.165) is 19.1 Å². The van der Waals surface area contributed by atoms with Crippen LogP contribution in [0.3, 0.4) is 0 Å². The van der Waals surface area contributed by atoms with E-state index in [2.05, 4.69) is 36.5 Å². The van der Waals surface area contributed by atoms with Crippen LogP contribution in [0.2, 0.25) is 0 Å². The highest BCUT2D eigenvalue weighted by molar-refractivity contribution is 5.24. The molecule has 0 saturated heterocycles. The van der Waals surface area contributed by atoms with Gasteiger partial charge in [-0.3, -0.25) is 0 Å². The van der Waals surface area contributed by atoms with Crippen LogP contribution in [-0.2, 0) is 4.74 Å². The van der Waals surface area contributed by atoms with Crippen LogP contribution in [0.15, 0.2) is 24.3 Å². The standard InChI is InChI=1S/C16H25NO/c1-13-7-9-15(10-8-13)16(17-2)12-18-11-14-5-3-4-6-14/h7-10,14,16-17H,3-6,11-12H2,1-2H3. The van der Waals surface area contributed by atoms with Crippen LogP contribution in [0.5, 0.6) is 0 Å². The smallest absolute Gasteiger partial charge is 0.0661 e. The second kappa shape index (κ2) is 6.91. The van der Waals surface area contributed by atoms with E-state index < -0.39 is 0 Å². The van der Waals surface area contributed by atoms with Gasteiger partial charge in [-0.05, 0) is 38.3 Å². The molecule has 2 nitrogen and oxygen atoms in total. The quantitative estimate of drug-likeness (QED) is 0.831. The van der Waals surface area contributed by atoms with E-state index in [0.29, 0.717) is 6.04 Å². The van der Waals surface area contributed by atoms with Gasteiger partial charge in [0, 0.05) is 6.61 Å². The molecule has 1 aromatic carbocycles. The maximum atomic E-state index is 5.89. The van der Waals surface area contributed by atoms with Gasteiger partial charge in [-0.2, -0.15) is 0 Å². The lowest BCUT2D eigenvalue weighted by Crippen LogP contribution is -2.23. The van der Waals surface area contributed by atoms with E-state index in [1.807, 2.05) is 7.05 Å². The van der Waals surface area contributed by atoms with Gasteiger partial charge in [0.2, 0.25) is 0 Å². The fraction of sp³-hybridized carbons (Fsp3) is 0.625. The molecule has 18 heavy (non-hydrogen) atoms. The zero-order chi connectivity index (χ0) is 12.8. The highest BCUT2D eigenvalue weighted by atomic mass is 16.5. The molecule has 1 N–H and O–H groups in total. The summed E-state index contributed by atoms with van der Waals surface area (Å²) in [4.78, 5) is 0. The molecule has 0 spiro atoms. The summed E-state index contributed by atoms with van der Waals surface area (Å²) in [5.41, 5.74) is 2.62. The molecule has 2 rings (SSSR count). The Kier molecular flexibility index (Phi) is 5.21. The minimum absolute atomic E-state index is 0.312. The van der Waals surface area contributed by atoms with Crippen LogP contribution in [0.4, 0.5) is 0 Å². The second-order valence-electron chi connectivity index (χ2n) is 5.44. The first-order valence-electron chi connectivity index (χ1n) is 7.11. The number of ether oxygens (including phenoxy) is 1. The lowest BCUT2D eigenvalue weighted by Gasteiger charge is -2.18. The Morgan fingerprint density at radius 1 is 1.22 bits per heavy atom. The van der Waals surface area contributed by atoms with E-state index >= 15 is 0 Å². The third kappa shape index (κ3) is 3.82. The van der Waals surface area contributed by atoms with Crippen molar-refractivity contribution in [1.82, 2.24) is 5.32 Å². The average Bonchev–Trinajstić information content (AvgIpc) is 2.89. The van der Waals surface area contributed by atoms with Crippen molar-refractivity contribution in [2.75, 3.05) is 20.3 Å². The summed E-state index contributed by atoms with van der Waals surface area (Å²) in [5.74, 6) is 0.806. The van der Waals surface area contributed by atoms with Crippen LogP contribution in [0, 0.1) is 12.8 Å². The van der Waals surface area contributed by atoms with Crippen LogP contribution < -0.4 is 5.32 Å². The van der Waals surface area contributed by atoms with E-state index in [4.69, 9.17) is 4.74 Å². The van der Waals surface area contributed by atoms with Gasteiger partial charge in [-0.15, -0.1) is 0 Å². The Bertz CT molecular complexity index is 341. The monoisotopic (exact) mass is 247 g/mol. The molecule has 1 atom stereocenters. The number of hydrogen-bond acceptors (Lipinski definition) is 2. The maximum absolute atomic E-state index is 5.89.